The summed E-state index contributed by atoms with van der Waals surface area (Å²) in [5.74, 6) is 2.65. The lowest BCUT2D eigenvalue weighted by molar-refractivity contribution is -0.127. The number of aliphatic hydroxyl groups excluding tert-OH is 1. The fraction of sp³-hybridized carbons (Fsp3) is 0.722. The molecular formula is C18H26N2O. The van der Waals surface area contributed by atoms with E-state index in [4.69, 9.17) is 5.73 Å². The van der Waals surface area contributed by atoms with Gasteiger partial charge in [0.1, 0.15) is 0 Å². The van der Waals surface area contributed by atoms with E-state index >= 15 is 0 Å². The van der Waals surface area contributed by atoms with Gasteiger partial charge in [-0.15, -0.1) is 0 Å². The van der Waals surface area contributed by atoms with Crippen LogP contribution in [0.4, 0.5) is 0 Å². The van der Waals surface area contributed by atoms with E-state index in [0.717, 1.165) is 23.3 Å². The van der Waals surface area contributed by atoms with Crippen LogP contribution in [0.2, 0.25) is 0 Å². The van der Waals surface area contributed by atoms with Crippen LogP contribution in [0.25, 0.3) is 0 Å². The van der Waals surface area contributed by atoms with Crippen LogP contribution in [-0.4, -0.2) is 22.7 Å². The molecule has 4 bridgehead atoms. The van der Waals surface area contributed by atoms with Gasteiger partial charge in [-0.25, -0.2) is 0 Å². The van der Waals surface area contributed by atoms with E-state index in [-0.39, 0.29) is 17.4 Å². The molecule has 0 amide bonds. The van der Waals surface area contributed by atoms with E-state index in [1.807, 2.05) is 24.5 Å². The van der Waals surface area contributed by atoms with Gasteiger partial charge in [-0.2, -0.15) is 0 Å². The van der Waals surface area contributed by atoms with Gasteiger partial charge < -0.3 is 10.8 Å². The molecule has 4 aliphatic rings. The highest BCUT2D eigenvalue weighted by atomic mass is 16.3. The summed E-state index contributed by atoms with van der Waals surface area (Å²) in [6.07, 6.45) is 11.2. The molecule has 0 radical (unpaired) electrons. The fourth-order valence-corrected chi connectivity index (χ4v) is 6.02. The summed E-state index contributed by atoms with van der Waals surface area (Å²) < 4.78 is 0. The molecular weight excluding hydrogens is 260 g/mol. The number of rotatable bonds is 4. The summed E-state index contributed by atoms with van der Waals surface area (Å²) in [7, 11) is 0. The second-order valence-electron chi connectivity index (χ2n) is 7.85. The van der Waals surface area contributed by atoms with Gasteiger partial charge in [0, 0.05) is 24.9 Å². The Morgan fingerprint density at radius 3 is 2.10 bits per heavy atom. The second kappa shape index (κ2) is 5.06. The Kier molecular flexibility index (Phi) is 3.31. The first-order chi connectivity index (χ1) is 10.2. The topological polar surface area (TPSA) is 59.1 Å². The van der Waals surface area contributed by atoms with Crippen LogP contribution in [0.3, 0.4) is 0 Å². The molecule has 0 aromatic carbocycles. The van der Waals surface area contributed by atoms with Crippen LogP contribution in [0, 0.1) is 23.2 Å². The number of pyridine rings is 1. The Hall–Kier alpha value is -0.930. The van der Waals surface area contributed by atoms with Gasteiger partial charge >= 0.3 is 0 Å². The zero-order chi connectivity index (χ0) is 14.4. The maximum Gasteiger partial charge on any atom is 0.0677 e. The highest BCUT2D eigenvalue weighted by Crippen LogP contribution is 2.62. The maximum atomic E-state index is 11.2. The minimum atomic E-state index is -0.293. The molecule has 5 rings (SSSR count). The third-order valence-corrected chi connectivity index (χ3v) is 6.48. The maximum absolute atomic E-state index is 11.2. The molecule has 3 heteroatoms. The zero-order valence-electron chi connectivity index (χ0n) is 12.6. The van der Waals surface area contributed by atoms with Gasteiger partial charge in [-0.05, 0) is 79.4 Å². The van der Waals surface area contributed by atoms with E-state index in [9.17, 15) is 5.11 Å². The summed E-state index contributed by atoms with van der Waals surface area (Å²) in [4.78, 5) is 4.09. The standard InChI is InChI=1S/C18H26N2O/c19-11-16(15-1-3-20-4-2-15)17(21)18-8-12-5-13(9-18)7-14(6-12)10-18/h1-4,12-14,16-17,21H,5-11,19H2. The molecule has 2 unspecified atom stereocenters. The smallest absolute Gasteiger partial charge is 0.0677 e. The molecule has 21 heavy (non-hydrogen) atoms. The van der Waals surface area contributed by atoms with E-state index in [2.05, 4.69) is 4.98 Å². The third-order valence-electron chi connectivity index (χ3n) is 6.48. The van der Waals surface area contributed by atoms with Crippen molar-refractivity contribution in [3.63, 3.8) is 0 Å². The van der Waals surface area contributed by atoms with Crippen molar-refractivity contribution in [2.24, 2.45) is 28.9 Å². The van der Waals surface area contributed by atoms with Crippen LogP contribution >= 0.6 is 0 Å². The summed E-state index contributed by atoms with van der Waals surface area (Å²) >= 11 is 0. The molecule has 4 aliphatic carbocycles. The van der Waals surface area contributed by atoms with Crippen LogP contribution in [-0.2, 0) is 0 Å². The van der Waals surface area contributed by atoms with Crippen molar-refractivity contribution >= 4 is 0 Å². The van der Waals surface area contributed by atoms with Gasteiger partial charge in [-0.1, -0.05) is 0 Å². The molecule has 2 atom stereocenters. The zero-order valence-corrected chi connectivity index (χ0v) is 12.6. The number of nitrogens with two attached hydrogens (primary N) is 1. The predicted molar refractivity (Wildman–Crippen MR) is 82.6 cm³/mol. The molecule has 3 nitrogen and oxygen atoms in total. The highest BCUT2D eigenvalue weighted by Gasteiger charge is 2.55. The lowest BCUT2D eigenvalue weighted by atomic mass is 9.47. The van der Waals surface area contributed by atoms with Crippen molar-refractivity contribution in [3.8, 4) is 0 Å². The number of nitrogens with zero attached hydrogens (tertiary/aromatic N) is 1. The summed E-state index contributed by atoms with van der Waals surface area (Å²) in [5.41, 5.74) is 7.33. The van der Waals surface area contributed by atoms with Gasteiger partial charge in [0.15, 0.2) is 0 Å². The Balaban J connectivity index is 1.62. The largest absolute Gasteiger partial charge is 0.392 e. The van der Waals surface area contributed by atoms with Crippen molar-refractivity contribution in [3.05, 3.63) is 30.1 Å². The average molecular weight is 286 g/mol. The van der Waals surface area contributed by atoms with Crippen molar-refractivity contribution in [2.75, 3.05) is 6.54 Å². The molecule has 1 aromatic rings. The lowest BCUT2D eigenvalue weighted by Gasteiger charge is -2.59. The monoisotopic (exact) mass is 286 g/mol. The number of aromatic nitrogens is 1. The molecule has 0 spiro atoms. The van der Waals surface area contributed by atoms with Gasteiger partial charge in [-0.3, -0.25) is 4.98 Å². The van der Waals surface area contributed by atoms with Crippen molar-refractivity contribution in [1.82, 2.24) is 4.98 Å². The Bertz CT molecular complexity index is 466. The molecule has 4 saturated carbocycles. The minimum absolute atomic E-state index is 0.0595. The quantitative estimate of drug-likeness (QED) is 0.894. The lowest BCUT2D eigenvalue weighted by Crippen LogP contribution is -2.54. The predicted octanol–water partition coefficient (Wildman–Crippen LogP) is 2.70. The first kappa shape index (κ1) is 13.7. The van der Waals surface area contributed by atoms with E-state index in [1.165, 1.54) is 38.5 Å². The van der Waals surface area contributed by atoms with Crippen LogP contribution < -0.4 is 5.73 Å². The van der Waals surface area contributed by atoms with E-state index < -0.39 is 0 Å². The highest BCUT2D eigenvalue weighted by molar-refractivity contribution is 5.20. The van der Waals surface area contributed by atoms with Crippen LogP contribution in [0.5, 0.6) is 0 Å². The number of hydrogen-bond acceptors (Lipinski definition) is 3. The summed E-state index contributed by atoms with van der Waals surface area (Å²) in [6.45, 7) is 0.521. The Morgan fingerprint density at radius 1 is 1.10 bits per heavy atom. The third kappa shape index (κ3) is 2.22. The van der Waals surface area contributed by atoms with Crippen LogP contribution in [0.1, 0.15) is 50.0 Å². The minimum Gasteiger partial charge on any atom is -0.392 e. The molecule has 0 aliphatic heterocycles. The van der Waals surface area contributed by atoms with E-state index in [0.29, 0.717) is 6.54 Å². The SMILES string of the molecule is NCC(c1ccncc1)C(O)C12CC3CC(CC(C3)C1)C2. The molecule has 0 saturated heterocycles. The summed E-state index contributed by atoms with van der Waals surface area (Å²) in [6, 6.07) is 4.03. The second-order valence-corrected chi connectivity index (χ2v) is 7.85. The van der Waals surface area contributed by atoms with Crippen LogP contribution in [0.15, 0.2) is 24.5 Å². The first-order valence-corrected chi connectivity index (χ1v) is 8.48. The van der Waals surface area contributed by atoms with Crippen molar-refractivity contribution in [2.45, 2.75) is 50.5 Å². The van der Waals surface area contributed by atoms with E-state index in [1.54, 1.807) is 0 Å². The fourth-order valence-electron chi connectivity index (χ4n) is 6.02. The molecule has 4 fully saturated rings. The Labute approximate surface area is 127 Å². The van der Waals surface area contributed by atoms with Gasteiger partial charge in [0.05, 0.1) is 6.10 Å². The Morgan fingerprint density at radius 2 is 1.62 bits per heavy atom. The van der Waals surface area contributed by atoms with Gasteiger partial charge in [0.2, 0.25) is 0 Å². The van der Waals surface area contributed by atoms with Crippen molar-refractivity contribution in [1.29, 1.82) is 0 Å². The molecule has 1 heterocycles. The molecule has 114 valence electrons. The average Bonchev–Trinajstić information content (AvgIpc) is 2.47. The first-order valence-electron chi connectivity index (χ1n) is 8.48. The number of aliphatic hydroxyl groups is 1. The van der Waals surface area contributed by atoms with Crippen molar-refractivity contribution < 1.29 is 5.11 Å². The molecule has 3 N–H and O–H groups in total. The van der Waals surface area contributed by atoms with Gasteiger partial charge in [0.25, 0.3) is 0 Å². The molecule has 1 aromatic heterocycles. The normalized spacial score (nSPS) is 40.2. The summed E-state index contributed by atoms with van der Waals surface area (Å²) in [5, 5.41) is 11.2. The number of hydrogen-bond donors (Lipinski definition) is 2.